The molecular formula is C31H30F3N5O4. The Labute approximate surface area is 245 Å². The molecule has 1 fully saturated rings. The molecule has 0 unspecified atom stereocenters. The highest BCUT2D eigenvalue weighted by Crippen LogP contribution is 2.32. The second kappa shape index (κ2) is 12.2. The summed E-state index contributed by atoms with van der Waals surface area (Å²) in [6, 6.07) is 16.1. The number of carbonyl (C=O) groups excluding carboxylic acids is 2. The molecule has 1 saturated heterocycles. The number of aryl methyl sites for hydroxylation is 1. The number of aliphatic carboxylic acids is 1. The normalized spacial score (nSPS) is 13.6. The fraction of sp³-hybridized carbons (Fsp3) is 0.290. The molecule has 3 aromatic carbocycles. The van der Waals surface area contributed by atoms with Crippen LogP contribution in [0.1, 0.15) is 51.2 Å². The van der Waals surface area contributed by atoms with Gasteiger partial charge in [-0.3, -0.25) is 19.1 Å². The number of carbonyl (C=O) groups is 3. The summed E-state index contributed by atoms with van der Waals surface area (Å²) in [5, 5.41) is 19.2. The van der Waals surface area contributed by atoms with Crippen LogP contribution >= 0.6 is 0 Å². The van der Waals surface area contributed by atoms with E-state index in [2.05, 4.69) is 20.6 Å². The van der Waals surface area contributed by atoms with Crippen LogP contribution in [0.2, 0.25) is 0 Å². The second-order valence-electron chi connectivity index (χ2n) is 10.6. The number of hydrogen-bond acceptors (Lipinski definition) is 5. The summed E-state index contributed by atoms with van der Waals surface area (Å²) >= 11 is 0. The van der Waals surface area contributed by atoms with Crippen LogP contribution in [0.15, 0.2) is 60.7 Å². The van der Waals surface area contributed by atoms with Crippen molar-refractivity contribution in [3.63, 3.8) is 0 Å². The average Bonchev–Trinajstić information content (AvgIpc) is 3.31. The number of carboxylic acid groups (broad SMARTS) is 1. The molecule has 3 N–H and O–H groups in total. The Hall–Kier alpha value is -4.87. The van der Waals surface area contributed by atoms with Gasteiger partial charge in [0, 0.05) is 29.7 Å². The van der Waals surface area contributed by atoms with Crippen molar-refractivity contribution in [1.82, 2.24) is 9.78 Å². The molecule has 0 atom stereocenters. The van der Waals surface area contributed by atoms with Crippen molar-refractivity contribution in [1.29, 1.82) is 0 Å². The molecule has 0 saturated carbocycles. The number of piperidine rings is 1. The molecule has 224 valence electrons. The molecule has 0 radical (unpaired) electrons. The third-order valence-corrected chi connectivity index (χ3v) is 7.26. The van der Waals surface area contributed by atoms with E-state index in [1.807, 2.05) is 6.92 Å². The fourth-order valence-electron chi connectivity index (χ4n) is 5.30. The molecule has 2 amide bonds. The Morgan fingerprint density at radius 2 is 1.63 bits per heavy atom. The lowest BCUT2D eigenvalue weighted by atomic mass is 10.0. The predicted octanol–water partition coefficient (Wildman–Crippen LogP) is 6.03. The number of para-hydroxylation sites is 1. The molecule has 5 rings (SSSR count). The number of nitrogens with one attached hydrogen (secondary N) is 2. The van der Waals surface area contributed by atoms with E-state index in [4.69, 9.17) is 0 Å². The van der Waals surface area contributed by atoms with Gasteiger partial charge in [0.2, 0.25) is 0 Å². The Morgan fingerprint density at radius 1 is 0.907 bits per heavy atom. The summed E-state index contributed by atoms with van der Waals surface area (Å²) in [5.41, 5.74) is 2.82. The lowest BCUT2D eigenvalue weighted by Crippen LogP contribution is -2.30. The molecule has 1 aromatic heterocycles. The molecule has 43 heavy (non-hydrogen) atoms. The van der Waals surface area contributed by atoms with E-state index in [1.54, 1.807) is 42.5 Å². The van der Waals surface area contributed by atoms with Gasteiger partial charge in [-0.1, -0.05) is 35.9 Å². The maximum atomic E-state index is 13.6. The smallest absolute Gasteiger partial charge is 0.408 e. The highest BCUT2D eigenvalue weighted by Gasteiger charge is 2.31. The first-order chi connectivity index (χ1) is 20.5. The van der Waals surface area contributed by atoms with Crippen molar-refractivity contribution < 1.29 is 32.7 Å². The highest BCUT2D eigenvalue weighted by molar-refractivity contribution is 6.13. The van der Waals surface area contributed by atoms with Crippen molar-refractivity contribution in [3.05, 3.63) is 83.0 Å². The van der Waals surface area contributed by atoms with Gasteiger partial charge < -0.3 is 20.6 Å². The molecule has 1 aliphatic rings. The van der Waals surface area contributed by atoms with Crippen LogP contribution in [0.25, 0.3) is 10.9 Å². The largest absolute Gasteiger partial charge is 0.481 e. The van der Waals surface area contributed by atoms with Crippen molar-refractivity contribution in [3.8, 4) is 0 Å². The van der Waals surface area contributed by atoms with E-state index >= 15 is 0 Å². The molecule has 1 aliphatic heterocycles. The Balaban J connectivity index is 1.48. The summed E-state index contributed by atoms with van der Waals surface area (Å²) < 4.78 is 40.5. The Bertz CT molecular complexity index is 1690. The number of hydrogen-bond donors (Lipinski definition) is 3. The lowest BCUT2D eigenvalue weighted by molar-refractivity contribution is -0.142. The van der Waals surface area contributed by atoms with Crippen molar-refractivity contribution in [2.45, 2.75) is 45.3 Å². The molecule has 2 heterocycles. The zero-order valence-corrected chi connectivity index (χ0v) is 23.4. The fourth-order valence-corrected chi connectivity index (χ4v) is 5.30. The number of halogens is 3. The first-order valence-electron chi connectivity index (χ1n) is 13.8. The maximum absolute atomic E-state index is 13.6. The molecule has 0 bridgehead atoms. The number of aromatic nitrogens is 2. The van der Waals surface area contributed by atoms with Gasteiger partial charge in [0.25, 0.3) is 11.8 Å². The van der Waals surface area contributed by atoms with Crippen molar-refractivity contribution >= 4 is 45.7 Å². The summed E-state index contributed by atoms with van der Waals surface area (Å²) in [6.07, 6.45) is -1.85. The minimum Gasteiger partial charge on any atom is -0.481 e. The number of fused-ring (bicyclic) bond motifs is 1. The zero-order valence-electron chi connectivity index (χ0n) is 23.4. The van der Waals surface area contributed by atoms with E-state index in [0.717, 1.165) is 42.6 Å². The predicted molar refractivity (Wildman–Crippen MR) is 157 cm³/mol. The van der Waals surface area contributed by atoms with E-state index < -0.39 is 30.5 Å². The number of nitrogens with zero attached hydrogens (tertiary/aromatic N) is 3. The minimum atomic E-state index is -4.53. The summed E-state index contributed by atoms with van der Waals surface area (Å²) in [4.78, 5) is 40.3. The summed E-state index contributed by atoms with van der Waals surface area (Å²) in [7, 11) is 0. The number of rotatable bonds is 8. The van der Waals surface area contributed by atoms with E-state index in [-0.39, 0.29) is 28.6 Å². The zero-order chi connectivity index (χ0) is 30.7. The molecule has 0 aliphatic carbocycles. The average molecular weight is 594 g/mol. The summed E-state index contributed by atoms with van der Waals surface area (Å²) in [5.74, 6) is -2.27. The monoisotopic (exact) mass is 593 g/mol. The summed E-state index contributed by atoms with van der Waals surface area (Å²) in [6.45, 7) is 1.94. The standard InChI is InChI=1S/C31H30F3N5O4/c1-19-9-11-23(21(15-19)17-27(40)41)35-29(42)20-10-12-26(38-13-5-2-6-14-38)24(16-20)36-30(43)28-22-7-3-4-8-25(22)39(37-28)18-31(32,33)34/h3-4,7-12,15-16H,2,5-6,13-14,17-18H2,1H3,(H,35,42)(H,36,43)(H,40,41). The van der Waals surface area contributed by atoms with Gasteiger partial charge >= 0.3 is 12.1 Å². The molecule has 9 nitrogen and oxygen atoms in total. The van der Waals surface area contributed by atoms with Gasteiger partial charge in [-0.2, -0.15) is 18.3 Å². The quantitative estimate of drug-likeness (QED) is 0.230. The first-order valence-corrected chi connectivity index (χ1v) is 13.8. The van der Waals surface area contributed by atoms with Gasteiger partial charge in [0.05, 0.1) is 23.3 Å². The molecule has 12 heteroatoms. The minimum absolute atomic E-state index is 0.169. The van der Waals surface area contributed by atoms with Crippen molar-refractivity contribution in [2.24, 2.45) is 0 Å². The van der Waals surface area contributed by atoms with Crippen LogP contribution in [0.3, 0.4) is 0 Å². The van der Waals surface area contributed by atoms with Crippen LogP contribution in [0, 0.1) is 6.92 Å². The third-order valence-electron chi connectivity index (χ3n) is 7.26. The van der Waals surface area contributed by atoms with Gasteiger partial charge in [-0.15, -0.1) is 0 Å². The van der Waals surface area contributed by atoms with Gasteiger partial charge in [-0.25, -0.2) is 0 Å². The van der Waals surface area contributed by atoms with Gasteiger partial charge in [0.15, 0.2) is 5.69 Å². The third kappa shape index (κ3) is 6.96. The van der Waals surface area contributed by atoms with E-state index in [0.29, 0.717) is 22.6 Å². The number of alkyl halides is 3. The van der Waals surface area contributed by atoms with E-state index in [9.17, 15) is 32.7 Å². The number of anilines is 3. The van der Waals surface area contributed by atoms with Crippen LogP contribution in [-0.2, 0) is 17.8 Å². The molecule has 4 aromatic rings. The van der Waals surface area contributed by atoms with Crippen LogP contribution < -0.4 is 15.5 Å². The lowest BCUT2D eigenvalue weighted by Gasteiger charge is -2.30. The second-order valence-corrected chi connectivity index (χ2v) is 10.6. The maximum Gasteiger partial charge on any atom is 0.408 e. The van der Waals surface area contributed by atoms with E-state index in [1.165, 1.54) is 18.2 Å². The van der Waals surface area contributed by atoms with Gasteiger partial charge in [0.1, 0.15) is 6.54 Å². The van der Waals surface area contributed by atoms with Gasteiger partial charge in [-0.05, 0) is 62.1 Å². The molecule has 0 spiro atoms. The first kappa shape index (κ1) is 29.6. The number of carboxylic acids is 1. The highest BCUT2D eigenvalue weighted by atomic mass is 19.4. The number of benzene rings is 3. The molecular weight excluding hydrogens is 563 g/mol. The SMILES string of the molecule is Cc1ccc(NC(=O)c2ccc(N3CCCCC3)c(NC(=O)c3nn(CC(F)(F)F)c4ccccc34)c2)c(CC(=O)O)c1. The van der Waals surface area contributed by atoms with Crippen LogP contribution in [0.4, 0.5) is 30.2 Å². The van der Waals surface area contributed by atoms with Crippen molar-refractivity contribution in [2.75, 3.05) is 28.6 Å². The Morgan fingerprint density at radius 3 is 2.35 bits per heavy atom. The number of amides is 2. The van der Waals surface area contributed by atoms with Crippen LogP contribution in [-0.4, -0.2) is 51.9 Å². The Kier molecular flexibility index (Phi) is 8.38. The van der Waals surface area contributed by atoms with Crippen LogP contribution in [0.5, 0.6) is 0 Å². The topological polar surface area (TPSA) is 117 Å².